The van der Waals surface area contributed by atoms with E-state index in [9.17, 15) is 0 Å². The Morgan fingerprint density at radius 2 is 2.21 bits per heavy atom. The van der Waals surface area contributed by atoms with E-state index in [0.29, 0.717) is 6.04 Å². The molecule has 1 fully saturated rings. The van der Waals surface area contributed by atoms with Crippen LogP contribution in [0.4, 0.5) is 5.82 Å². The Morgan fingerprint density at radius 3 is 3.00 bits per heavy atom. The topological polar surface area (TPSA) is 50.3 Å². The minimum atomic E-state index is 0.409. The fourth-order valence-electron chi connectivity index (χ4n) is 3.17. The van der Waals surface area contributed by atoms with E-state index in [-0.39, 0.29) is 0 Å². The van der Waals surface area contributed by atoms with Crippen LogP contribution in [0.1, 0.15) is 24.1 Å². The molecule has 5 nitrogen and oxygen atoms in total. The fourth-order valence-corrected chi connectivity index (χ4v) is 3.58. The summed E-state index contributed by atoms with van der Waals surface area (Å²) in [6.07, 6.45) is 3.96. The van der Waals surface area contributed by atoms with E-state index in [1.165, 1.54) is 12.0 Å². The summed E-state index contributed by atoms with van der Waals surface area (Å²) < 4.78 is 6.58. The summed E-state index contributed by atoms with van der Waals surface area (Å²) >= 11 is 3.55. The van der Waals surface area contributed by atoms with Crippen LogP contribution in [0, 0.1) is 6.92 Å². The lowest BCUT2D eigenvalue weighted by Gasteiger charge is -2.33. The standard InChI is InChI=1S/C18H23BrN4O/c1-13-8-18(21-12-20-13)22-16-4-3-7-23(11-16)10-14-9-15(19)5-6-17(14)24-2/h5-6,8-9,12,16H,3-4,7,10-11H2,1-2H3,(H,20,21,22). The second-order valence-electron chi connectivity index (χ2n) is 6.22. The number of methoxy groups -OCH3 is 1. The Balaban J connectivity index is 1.64. The van der Waals surface area contributed by atoms with Gasteiger partial charge in [0, 0.05) is 40.9 Å². The van der Waals surface area contributed by atoms with Gasteiger partial charge >= 0.3 is 0 Å². The summed E-state index contributed by atoms with van der Waals surface area (Å²) in [6, 6.07) is 8.58. The molecule has 0 saturated carbocycles. The van der Waals surface area contributed by atoms with Gasteiger partial charge in [0.25, 0.3) is 0 Å². The molecule has 0 spiro atoms. The van der Waals surface area contributed by atoms with Gasteiger partial charge in [0.1, 0.15) is 17.9 Å². The SMILES string of the molecule is COc1ccc(Br)cc1CN1CCCC(Nc2cc(C)ncn2)C1. The minimum Gasteiger partial charge on any atom is -0.496 e. The van der Waals surface area contributed by atoms with Gasteiger partial charge in [-0.3, -0.25) is 4.90 Å². The number of nitrogens with one attached hydrogen (secondary N) is 1. The van der Waals surface area contributed by atoms with Gasteiger partial charge in [-0.2, -0.15) is 0 Å². The van der Waals surface area contributed by atoms with Crippen molar-refractivity contribution in [2.45, 2.75) is 32.4 Å². The molecule has 1 N–H and O–H groups in total. The van der Waals surface area contributed by atoms with Gasteiger partial charge in [-0.1, -0.05) is 15.9 Å². The van der Waals surface area contributed by atoms with E-state index < -0.39 is 0 Å². The molecular weight excluding hydrogens is 368 g/mol. The van der Waals surface area contributed by atoms with Gasteiger partial charge in [0.2, 0.25) is 0 Å². The van der Waals surface area contributed by atoms with Gasteiger partial charge in [0.15, 0.2) is 0 Å². The van der Waals surface area contributed by atoms with E-state index in [2.05, 4.69) is 42.2 Å². The number of benzene rings is 1. The molecule has 6 heteroatoms. The molecule has 1 atom stereocenters. The van der Waals surface area contributed by atoms with Crippen LogP contribution in [0.5, 0.6) is 5.75 Å². The van der Waals surface area contributed by atoms with Gasteiger partial charge in [-0.25, -0.2) is 9.97 Å². The number of nitrogens with zero attached hydrogens (tertiary/aromatic N) is 3. The number of aryl methyl sites for hydroxylation is 1. The highest BCUT2D eigenvalue weighted by Crippen LogP contribution is 2.26. The Labute approximate surface area is 151 Å². The first-order valence-electron chi connectivity index (χ1n) is 8.24. The van der Waals surface area contributed by atoms with Crippen molar-refractivity contribution in [2.75, 3.05) is 25.5 Å². The van der Waals surface area contributed by atoms with Crippen molar-refractivity contribution in [3.63, 3.8) is 0 Å². The van der Waals surface area contributed by atoms with Gasteiger partial charge in [-0.05, 0) is 44.5 Å². The summed E-state index contributed by atoms with van der Waals surface area (Å²) in [6.45, 7) is 4.98. The monoisotopic (exact) mass is 390 g/mol. The Hall–Kier alpha value is -1.66. The zero-order chi connectivity index (χ0) is 16.9. The molecule has 1 aliphatic heterocycles. The lowest BCUT2D eigenvalue weighted by atomic mass is 10.0. The molecule has 1 aliphatic rings. The number of hydrogen-bond donors (Lipinski definition) is 1. The van der Waals surface area contributed by atoms with Crippen molar-refractivity contribution in [1.82, 2.24) is 14.9 Å². The maximum absolute atomic E-state index is 5.50. The molecule has 128 valence electrons. The van der Waals surface area contributed by atoms with Crippen LogP contribution in [-0.4, -0.2) is 41.1 Å². The van der Waals surface area contributed by atoms with E-state index in [0.717, 1.165) is 47.8 Å². The van der Waals surface area contributed by atoms with Crippen LogP contribution in [0.2, 0.25) is 0 Å². The van der Waals surface area contributed by atoms with Crippen LogP contribution in [0.3, 0.4) is 0 Å². The summed E-state index contributed by atoms with van der Waals surface area (Å²) in [4.78, 5) is 10.9. The number of hydrogen-bond acceptors (Lipinski definition) is 5. The first-order chi connectivity index (χ1) is 11.6. The van der Waals surface area contributed by atoms with Crippen LogP contribution in [0.25, 0.3) is 0 Å². The molecule has 2 aromatic rings. The third-order valence-corrected chi connectivity index (χ3v) is 4.79. The highest BCUT2D eigenvalue weighted by atomic mass is 79.9. The molecular formula is C18H23BrN4O. The number of halogens is 1. The first-order valence-corrected chi connectivity index (χ1v) is 9.03. The van der Waals surface area contributed by atoms with Gasteiger partial charge in [-0.15, -0.1) is 0 Å². The van der Waals surface area contributed by atoms with E-state index in [4.69, 9.17) is 4.74 Å². The third kappa shape index (κ3) is 4.45. The Morgan fingerprint density at radius 1 is 1.33 bits per heavy atom. The molecule has 1 aromatic carbocycles. The molecule has 0 bridgehead atoms. The van der Waals surface area contributed by atoms with Crippen LogP contribution >= 0.6 is 15.9 Å². The predicted octanol–water partition coefficient (Wildman–Crippen LogP) is 3.63. The molecule has 2 heterocycles. The zero-order valence-corrected chi connectivity index (χ0v) is 15.7. The van der Waals surface area contributed by atoms with Crippen LogP contribution in [-0.2, 0) is 6.54 Å². The molecule has 3 rings (SSSR count). The molecule has 1 unspecified atom stereocenters. The molecule has 0 aliphatic carbocycles. The van der Waals surface area contributed by atoms with Crippen molar-refractivity contribution in [3.8, 4) is 5.75 Å². The minimum absolute atomic E-state index is 0.409. The largest absolute Gasteiger partial charge is 0.496 e. The normalized spacial score (nSPS) is 18.4. The second kappa shape index (κ2) is 7.94. The van der Waals surface area contributed by atoms with Gasteiger partial charge in [0.05, 0.1) is 7.11 Å². The predicted molar refractivity (Wildman–Crippen MR) is 99.4 cm³/mol. The number of piperidine rings is 1. The van der Waals surface area contributed by atoms with E-state index >= 15 is 0 Å². The number of rotatable bonds is 5. The summed E-state index contributed by atoms with van der Waals surface area (Å²) in [7, 11) is 1.73. The molecule has 0 radical (unpaired) electrons. The van der Waals surface area contributed by atoms with Crippen molar-refractivity contribution >= 4 is 21.7 Å². The van der Waals surface area contributed by atoms with E-state index in [1.54, 1.807) is 13.4 Å². The van der Waals surface area contributed by atoms with E-state index in [1.807, 2.05) is 25.1 Å². The Kier molecular flexibility index (Phi) is 5.68. The van der Waals surface area contributed by atoms with Crippen LogP contribution in [0.15, 0.2) is 35.1 Å². The van der Waals surface area contributed by atoms with Crippen molar-refractivity contribution < 1.29 is 4.74 Å². The number of ether oxygens (including phenoxy) is 1. The first kappa shape index (κ1) is 17.2. The van der Waals surface area contributed by atoms with Gasteiger partial charge < -0.3 is 10.1 Å². The molecule has 0 amide bonds. The lowest BCUT2D eigenvalue weighted by molar-refractivity contribution is 0.206. The van der Waals surface area contributed by atoms with Crippen molar-refractivity contribution in [1.29, 1.82) is 0 Å². The number of likely N-dealkylation sites (tertiary alicyclic amines) is 1. The van der Waals surface area contributed by atoms with Crippen LogP contribution < -0.4 is 10.1 Å². The molecule has 1 aromatic heterocycles. The number of aromatic nitrogens is 2. The zero-order valence-electron chi connectivity index (χ0n) is 14.1. The molecule has 24 heavy (non-hydrogen) atoms. The maximum Gasteiger partial charge on any atom is 0.129 e. The average Bonchev–Trinajstić information content (AvgIpc) is 2.55. The van der Waals surface area contributed by atoms with Crippen molar-refractivity contribution in [2.24, 2.45) is 0 Å². The summed E-state index contributed by atoms with van der Waals surface area (Å²) in [5, 5.41) is 3.54. The average molecular weight is 391 g/mol. The maximum atomic E-state index is 5.50. The summed E-state index contributed by atoms with van der Waals surface area (Å²) in [5.74, 6) is 1.86. The van der Waals surface area contributed by atoms with Crippen molar-refractivity contribution in [3.05, 3.63) is 46.3 Å². The highest BCUT2D eigenvalue weighted by molar-refractivity contribution is 9.10. The third-order valence-electron chi connectivity index (χ3n) is 4.30. The lowest BCUT2D eigenvalue weighted by Crippen LogP contribution is -2.41. The number of anilines is 1. The molecule has 1 saturated heterocycles. The fraction of sp³-hybridized carbons (Fsp3) is 0.444. The highest BCUT2D eigenvalue weighted by Gasteiger charge is 2.21. The smallest absolute Gasteiger partial charge is 0.129 e. The summed E-state index contributed by atoms with van der Waals surface area (Å²) in [5.41, 5.74) is 2.20. The Bertz CT molecular complexity index is 694. The second-order valence-corrected chi connectivity index (χ2v) is 7.14. The quantitative estimate of drug-likeness (QED) is 0.844.